The van der Waals surface area contributed by atoms with Crippen LogP contribution in [-0.2, 0) is 11.2 Å². The summed E-state index contributed by atoms with van der Waals surface area (Å²) in [4.78, 5) is 13.4. The van der Waals surface area contributed by atoms with E-state index in [1.165, 1.54) is 27.9 Å². The summed E-state index contributed by atoms with van der Waals surface area (Å²) >= 11 is 0. The first kappa shape index (κ1) is 20.6. The van der Waals surface area contributed by atoms with Gasteiger partial charge in [-0.3, -0.25) is 0 Å². The van der Waals surface area contributed by atoms with Gasteiger partial charge in [0.05, 0.1) is 0 Å². The Kier molecular flexibility index (Phi) is 5.60. The molecule has 0 bridgehead atoms. The van der Waals surface area contributed by atoms with E-state index >= 15 is 0 Å². The number of hydrogen-bond acceptors (Lipinski definition) is 4. The van der Waals surface area contributed by atoms with E-state index in [0.717, 1.165) is 45.1 Å². The highest BCUT2D eigenvalue weighted by atomic mass is 16.3. The fraction of sp³-hybridized carbons (Fsp3) is 0.321. The first-order chi connectivity index (χ1) is 15.6. The SMILES string of the molecule is O=CC1CCN(c2ccc([C@@H]3c4ccc(O)cc4CC[C@@H]3c3ccc(O)cc3)cc2)CC1. The molecular weight excluding hydrogens is 398 g/mol. The second-order valence-corrected chi connectivity index (χ2v) is 9.15. The van der Waals surface area contributed by atoms with Crippen molar-refractivity contribution in [3.8, 4) is 11.5 Å². The van der Waals surface area contributed by atoms with Gasteiger partial charge in [-0.05, 0) is 90.3 Å². The molecule has 1 saturated heterocycles. The molecule has 0 radical (unpaired) electrons. The van der Waals surface area contributed by atoms with Crippen LogP contribution in [0.4, 0.5) is 5.69 Å². The summed E-state index contributed by atoms with van der Waals surface area (Å²) in [5.41, 5.74) is 6.19. The van der Waals surface area contributed by atoms with Crippen molar-refractivity contribution in [3.63, 3.8) is 0 Å². The van der Waals surface area contributed by atoms with Crippen LogP contribution >= 0.6 is 0 Å². The summed E-state index contributed by atoms with van der Waals surface area (Å²) in [7, 11) is 0. The molecule has 1 fully saturated rings. The van der Waals surface area contributed by atoms with Crippen molar-refractivity contribution in [2.45, 2.75) is 37.5 Å². The van der Waals surface area contributed by atoms with E-state index in [9.17, 15) is 15.0 Å². The molecule has 2 aliphatic rings. The maximum Gasteiger partial charge on any atom is 0.123 e. The molecular formula is C28H29NO3. The number of rotatable bonds is 4. The van der Waals surface area contributed by atoms with E-state index in [1.807, 2.05) is 18.2 Å². The monoisotopic (exact) mass is 427 g/mol. The van der Waals surface area contributed by atoms with E-state index in [0.29, 0.717) is 11.7 Å². The standard InChI is InChI=1S/C28H29NO3/c30-18-19-13-15-29(16-14-19)23-6-1-21(2-7-23)28-26(20-3-8-24(31)9-4-20)11-5-22-17-25(32)10-12-27(22)28/h1-4,6-10,12,17-19,26,28,31-32H,5,11,13-16H2/t26-,28+/m1/s1. The highest BCUT2D eigenvalue weighted by molar-refractivity contribution is 5.56. The fourth-order valence-corrected chi connectivity index (χ4v) is 5.49. The number of hydrogen-bond donors (Lipinski definition) is 2. The summed E-state index contributed by atoms with van der Waals surface area (Å²) in [5, 5.41) is 19.8. The Labute approximate surface area is 189 Å². The lowest BCUT2D eigenvalue weighted by atomic mass is 9.69. The third kappa shape index (κ3) is 3.97. The van der Waals surface area contributed by atoms with E-state index in [1.54, 1.807) is 18.2 Å². The minimum atomic E-state index is 0.193. The van der Waals surface area contributed by atoms with Crippen molar-refractivity contribution < 1.29 is 15.0 Å². The van der Waals surface area contributed by atoms with Gasteiger partial charge in [0.15, 0.2) is 0 Å². The van der Waals surface area contributed by atoms with Gasteiger partial charge in [-0.15, -0.1) is 0 Å². The number of phenols is 2. The molecule has 5 rings (SSSR count). The zero-order valence-corrected chi connectivity index (χ0v) is 18.2. The van der Waals surface area contributed by atoms with Crippen molar-refractivity contribution >= 4 is 12.0 Å². The smallest absolute Gasteiger partial charge is 0.123 e. The second-order valence-electron chi connectivity index (χ2n) is 9.15. The molecule has 32 heavy (non-hydrogen) atoms. The molecule has 0 unspecified atom stereocenters. The van der Waals surface area contributed by atoms with Crippen LogP contribution in [0.2, 0.25) is 0 Å². The minimum absolute atomic E-state index is 0.193. The summed E-state index contributed by atoms with van der Waals surface area (Å²) < 4.78 is 0. The number of phenolic OH excluding ortho intramolecular Hbond substituents is 2. The molecule has 164 valence electrons. The van der Waals surface area contributed by atoms with Crippen molar-refractivity contribution in [2.75, 3.05) is 18.0 Å². The molecule has 0 amide bonds. The molecule has 3 aromatic carbocycles. The predicted octanol–water partition coefficient (Wildman–Crippen LogP) is 5.38. The lowest BCUT2D eigenvalue weighted by Gasteiger charge is -2.35. The van der Waals surface area contributed by atoms with E-state index in [-0.39, 0.29) is 17.6 Å². The number of aryl methyl sites for hydroxylation is 1. The van der Waals surface area contributed by atoms with Crippen LogP contribution < -0.4 is 4.90 Å². The molecule has 2 N–H and O–H groups in total. The van der Waals surface area contributed by atoms with Gasteiger partial charge in [-0.1, -0.05) is 30.3 Å². The second kappa shape index (κ2) is 8.70. The largest absolute Gasteiger partial charge is 0.508 e. The summed E-state index contributed by atoms with van der Waals surface area (Å²) in [6.07, 6.45) is 4.87. The van der Waals surface area contributed by atoms with Crippen LogP contribution in [0.15, 0.2) is 66.7 Å². The van der Waals surface area contributed by atoms with Crippen molar-refractivity contribution in [1.29, 1.82) is 0 Å². The minimum Gasteiger partial charge on any atom is -0.508 e. The molecule has 3 aromatic rings. The quantitative estimate of drug-likeness (QED) is 0.549. The normalized spacial score (nSPS) is 21.2. The third-order valence-corrected chi connectivity index (χ3v) is 7.26. The molecule has 4 heteroatoms. The fourth-order valence-electron chi connectivity index (χ4n) is 5.49. The highest BCUT2D eigenvalue weighted by Gasteiger charge is 2.32. The van der Waals surface area contributed by atoms with Crippen LogP contribution in [0.1, 0.15) is 53.4 Å². The molecule has 4 nitrogen and oxygen atoms in total. The van der Waals surface area contributed by atoms with Crippen LogP contribution in [0, 0.1) is 5.92 Å². The molecule has 0 saturated carbocycles. The van der Waals surface area contributed by atoms with Gasteiger partial charge in [0.25, 0.3) is 0 Å². The van der Waals surface area contributed by atoms with Crippen molar-refractivity contribution in [2.24, 2.45) is 5.92 Å². The molecule has 0 spiro atoms. The number of piperidine rings is 1. The summed E-state index contributed by atoms with van der Waals surface area (Å²) in [6, 6.07) is 22.3. The Bertz CT molecular complexity index is 1080. The van der Waals surface area contributed by atoms with Crippen LogP contribution in [0.25, 0.3) is 0 Å². The number of aromatic hydroxyl groups is 2. The van der Waals surface area contributed by atoms with Crippen LogP contribution in [0.3, 0.4) is 0 Å². The molecule has 1 aliphatic carbocycles. The lowest BCUT2D eigenvalue weighted by molar-refractivity contribution is -0.111. The van der Waals surface area contributed by atoms with E-state index in [4.69, 9.17) is 0 Å². The number of anilines is 1. The van der Waals surface area contributed by atoms with Crippen LogP contribution in [-0.4, -0.2) is 29.6 Å². The van der Waals surface area contributed by atoms with Crippen molar-refractivity contribution in [1.82, 2.24) is 0 Å². The van der Waals surface area contributed by atoms with Gasteiger partial charge in [-0.25, -0.2) is 0 Å². The first-order valence-electron chi connectivity index (χ1n) is 11.5. The topological polar surface area (TPSA) is 60.8 Å². The van der Waals surface area contributed by atoms with Gasteiger partial charge in [0, 0.05) is 30.6 Å². The lowest BCUT2D eigenvalue weighted by Crippen LogP contribution is -2.34. The Morgan fingerprint density at radius 2 is 1.44 bits per heavy atom. The average Bonchev–Trinajstić information content (AvgIpc) is 2.84. The summed E-state index contributed by atoms with van der Waals surface area (Å²) in [5.74, 6) is 1.31. The number of nitrogens with zero attached hydrogens (tertiary/aromatic N) is 1. The molecule has 2 atom stereocenters. The van der Waals surface area contributed by atoms with E-state index < -0.39 is 0 Å². The maximum atomic E-state index is 11.1. The zero-order valence-electron chi connectivity index (χ0n) is 18.2. The Hall–Kier alpha value is -3.27. The molecule has 1 heterocycles. The van der Waals surface area contributed by atoms with Crippen molar-refractivity contribution in [3.05, 3.63) is 89.0 Å². The van der Waals surface area contributed by atoms with Gasteiger partial charge in [0.2, 0.25) is 0 Å². The first-order valence-corrected chi connectivity index (χ1v) is 11.5. The van der Waals surface area contributed by atoms with Gasteiger partial charge < -0.3 is 19.9 Å². The predicted molar refractivity (Wildman–Crippen MR) is 127 cm³/mol. The Morgan fingerprint density at radius 3 is 2.12 bits per heavy atom. The molecule has 1 aliphatic heterocycles. The molecule has 0 aromatic heterocycles. The highest BCUT2D eigenvalue weighted by Crippen LogP contribution is 2.47. The Balaban J connectivity index is 1.48. The van der Waals surface area contributed by atoms with Gasteiger partial charge in [-0.2, -0.15) is 0 Å². The maximum absolute atomic E-state index is 11.1. The van der Waals surface area contributed by atoms with Crippen LogP contribution in [0.5, 0.6) is 11.5 Å². The van der Waals surface area contributed by atoms with E-state index in [2.05, 4.69) is 35.2 Å². The number of carbonyl (C=O) groups excluding carboxylic acids is 1. The van der Waals surface area contributed by atoms with Gasteiger partial charge in [0.1, 0.15) is 17.8 Å². The van der Waals surface area contributed by atoms with Gasteiger partial charge >= 0.3 is 0 Å². The average molecular weight is 428 g/mol. The number of benzene rings is 3. The number of carbonyl (C=O) groups is 1. The third-order valence-electron chi connectivity index (χ3n) is 7.26. The summed E-state index contributed by atoms with van der Waals surface area (Å²) in [6.45, 7) is 1.84. The zero-order chi connectivity index (χ0) is 22.1. The number of aldehydes is 1. The Morgan fingerprint density at radius 1 is 0.781 bits per heavy atom. The number of fused-ring (bicyclic) bond motifs is 1.